The lowest BCUT2D eigenvalue weighted by atomic mass is 9.79. The van der Waals surface area contributed by atoms with Gasteiger partial charge in [-0.25, -0.2) is 0 Å². The fraction of sp³-hybridized carbons (Fsp3) is 0.545. The van der Waals surface area contributed by atoms with Crippen molar-refractivity contribution >= 4 is 46.1 Å². The molecule has 16 heteroatoms. The zero-order valence-corrected chi connectivity index (χ0v) is 29.0. The van der Waals surface area contributed by atoms with E-state index < -0.39 is 58.0 Å². The van der Waals surface area contributed by atoms with E-state index in [2.05, 4.69) is 9.88 Å². The smallest absolute Gasteiger partial charge is 0.425 e. The standard InChI is InChI=1S/C33H35ClF6N4O3S2/c1-2-7-25-31(47-20-16-26(48-19-20)33(38,39)40,10-6-14-44(25)29(45)28-22(32(35,36)37)8-5-11-41-28)30(46)43-15-9-24-21(17-27(34)49-24)23(43)18-42-12-3-4-13-42/h5,8,11,16-17,19,23,25H,2-4,6-7,9-10,12-15,18H2,1H3/t23?,25-,31+/m1/s1. The summed E-state index contributed by atoms with van der Waals surface area (Å²) in [7, 11) is 0. The van der Waals surface area contributed by atoms with Crippen molar-refractivity contribution in [3.63, 3.8) is 0 Å². The number of fused-ring (bicyclic) bond motifs is 1. The zero-order valence-electron chi connectivity index (χ0n) is 26.6. The number of hydrogen-bond donors (Lipinski definition) is 0. The maximum absolute atomic E-state index is 15.3. The lowest BCUT2D eigenvalue weighted by Gasteiger charge is -2.51. The number of pyridine rings is 1. The van der Waals surface area contributed by atoms with E-state index in [9.17, 15) is 31.1 Å². The third-order valence-electron chi connectivity index (χ3n) is 9.53. The van der Waals surface area contributed by atoms with Crippen molar-refractivity contribution in [1.82, 2.24) is 19.7 Å². The molecular weight excluding hydrogens is 714 g/mol. The van der Waals surface area contributed by atoms with Crippen LogP contribution in [0.1, 0.15) is 82.9 Å². The van der Waals surface area contributed by atoms with Gasteiger partial charge >= 0.3 is 12.4 Å². The zero-order chi connectivity index (χ0) is 35.1. The van der Waals surface area contributed by atoms with Gasteiger partial charge in [0.25, 0.3) is 11.8 Å². The fourth-order valence-electron chi connectivity index (χ4n) is 7.40. The molecule has 2 fully saturated rings. The minimum atomic E-state index is -4.88. The summed E-state index contributed by atoms with van der Waals surface area (Å²) in [6, 6.07) is 2.99. The van der Waals surface area contributed by atoms with Crippen molar-refractivity contribution in [2.24, 2.45) is 0 Å². The molecule has 0 aliphatic carbocycles. The van der Waals surface area contributed by atoms with Gasteiger partial charge in [0.1, 0.15) is 16.3 Å². The molecule has 266 valence electrons. The highest BCUT2D eigenvalue weighted by molar-refractivity contribution is 7.16. The summed E-state index contributed by atoms with van der Waals surface area (Å²) in [5.41, 5.74) is -3.03. The fourth-order valence-corrected chi connectivity index (χ4v) is 9.40. The van der Waals surface area contributed by atoms with E-state index in [1.807, 2.05) is 6.07 Å². The summed E-state index contributed by atoms with van der Waals surface area (Å²) in [5.74, 6) is -1.73. The van der Waals surface area contributed by atoms with Gasteiger partial charge < -0.3 is 19.4 Å². The molecule has 3 aromatic rings. The number of halogens is 7. The Morgan fingerprint density at radius 1 is 1.04 bits per heavy atom. The van der Waals surface area contributed by atoms with E-state index >= 15 is 4.79 Å². The van der Waals surface area contributed by atoms with Crippen LogP contribution in [-0.4, -0.2) is 75.9 Å². The van der Waals surface area contributed by atoms with Crippen LogP contribution in [-0.2, 0) is 23.6 Å². The molecule has 2 saturated heterocycles. The van der Waals surface area contributed by atoms with E-state index in [4.69, 9.17) is 16.3 Å². The summed E-state index contributed by atoms with van der Waals surface area (Å²) in [6.07, 6.45) is -5.19. The minimum Gasteiger partial charge on any atom is -0.474 e. The van der Waals surface area contributed by atoms with Gasteiger partial charge in [-0.05, 0) is 69.0 Å². The van der Waals surface area contributed by atoms with Gasteiger partial charge in [-0.1, -0.05) is 24.9 Å². The minimum absolute atomic E-state index is 0.00862. The van der Waals surface area contributed by atoms with E-state index in [0.29, 0.717) is 35.1 Å². The number of rotatable bonds is 8. The van der Waals surface area contributed by atoms with Crippen molar-refractivity contribution in [3.05, 3.63) is 66.8 Å². The first kappa shape index (κ1) is 35.9. The summed E-state index contributed by atoms with van der Waals surface area (Å²) in [5, 5.41) is 1.18. The molecule has 0 aromatic carbocycles. The molecule has 3 aliphatic heterocycles. The molecule has 7 nitrogen and oxygen atoms in total. The monoisotopic (exact) mass is 748 g/mol. The third-order valence-corrected chi connectivity index (χ3v) is 11.8. The molecular formula is C33H35ClF6N4O3S2. The van der Waals surface area contributed by atoms with Crippen molar-refractivity contribution in [2.45, 2.75) is 81.9 Å². The second kappa shape index (κ2) is 14.0. The quantitative estimate of drug-likeness (QED) is 0.217. The average Bonchev–Trinajstić information content (AvgIpc) is 3.82. The summed E-state index contributed by atoms with van der Waals surface area (Å²) >= 11 is 8.32. The normalized spacial score (nSPS) is 23.5. The van der Waals surface area contributed by atoms with Crippen LogP contribution in [0.15, 0.2) is 35.8 Å². The highest BCUT2D eigenvalue weighted by Gasteiger charge is 2.57. The molecule has 6 heterocycles. The molecule has 3 aliphatic rings. The molecule has 2 amide bonds. The first-order chi connectivity index (χ1) is 23.2. The number of nitrogens with zero attached hydrogens (tertiary/aromatic N) is 4. The lowest BCUT2D eigenvalue weighted by Crippen LogP contribution is -2.69. The Morgan fingerprint density at radius 3 is 2.47 bits per heavy atom. The molecule has 0 N–H and O–H groups in total. The van der Waals surface area contributed by atoms with Crippen LogP contribution >= 0.6 is 34.3 Å². The predicted octanol–water partition coefficient (Wildman–Crippen LogP) is 8.34. The Kier molecular flexibility index (Phi) is 10.3. The largest absolute Gasteiger partial charge is 0.474 e. The van der Waals surface area contributed by atoms with E-state index in [-0.39, 0.29) is 38.1 Å². The first-order valence-electron chi connectivity index (χ1n) is 16.2. The molecule has 1 unspecified atom stereocenters. The van der Waals surface area contributed by atoms with Crippen molar-refractivity contribution < 1.29 is 40.7 Å². The number of alkyl halides is 6. The SMILES string of the molecule is CCC[C@H]1N(C(=O)c2ncccc2C(F)(F)F)CCC[C@@]1(Oc1csc(C(F)(F)F)c1)C(=O)N1CCc2sc(Cl)cc2C1CN1CCCC1. The number of hydrogen-bond acceptors (Lipinski definition) is 7. The Hall–Kier alpha value is -2.88. The van der Waals surface area contributed by atoms with Gasteiger partial charge in [-0.3, -0.25) is 14.6 Å². The first-order valence-corrected chi connectivity index (χ1v) is 18.3. The maximum Gasteiger partial charge on any atom is 0.425 e. The number of carbonyl (C=O) groups is 2. The summed E-state index contributed by atoms with van der Waals surface area (Å²) < 4.78 is 90.4. The topological polar surface area (TPSA) is 66.0 Å². The van der Waals surface area contributed by atoms with Gasteiger partial charge in [-0.2, -0.15) is 26.3 Å². The van der Waals surface area contributed by atoms with Crippen molar-refractivity contribution in [1.29, 1.82) is 0 Å². The third kappa shape index (κ3) is 7.18. The Bertz CT molecular complexity index is 1670. The van der Waals surface area contributed by atoms with Crippen LogP contribution in [0.5, 0.6) is 5.75 Å². The van der Waals surface area contributed by atoms with Crippen LogP contribution in [0.25, 0.3) is 0 Å². The number of ether oxygens (including phenoxy) is 1. The van der Waals surface area contributed by atoms with Gasteiger partial charge in [0, 0.05) is 48.6 Å². The van der Waals surface area contributed by atoms with Crippen molar-refractivity contribution in [2.75, 3.05) is 32.7 Å². The Labute approximate surface area is 292 Å². The summed E-state index contributed by atoms with van der Waals surface area (Å²) in [6.45, 7) is 4.27. The van der Waals surface area contributed by atoms with Gasteiger partial charge in [0.2, 0.25) is 5.60 Å². The molecule has 6 rings (SSSR count). The van der Waals surface area contributed by atoms with Crippen LogP contribution in [0.4, 0.5) is 26.3 Å². The molecule has 0 bridgehead atoms. The van der Waals surface area contributed by atoms with Gasteiger partial charge in [-0.15, -0.1) is 22.7 Å². The van der Waals surface area contributed by atoms with Gasteiger partial charge in [0.05, 0.1) is 22.0 Å². The number of piperidine rings is 1. The van der Waals surface area contributed by atoms with E-state index in [1.165, 1.54) is 21.6 Å². The summed E-state index contributed by atoms with van der Waals surface area (Å²) in [4.78, 5) is 38.5. The number of thiophene rings is 2. The number of amides is 2. The second-order valence-electron chi connectivity index (χ2n) is 12.6. The number of likely N-dealkylation sites (tertiary alicyclic amines) is 2. The molecule has 0 saturated carbocycles. The maximum atomic E-state index is 15.3. The molecule has 0 radical (unpaired) electrons. The molecule has 3 atom stereocenters. The predicted molar refractivity (Wildman–Crippen MR) is 174 cm³/mol. The Morgan fingerprint density at radius 2 is 1.80 bits per heavy atom. The van der Waals surface area contributed by atoms with Crippen LogP contribution < -0.4 is 4.74 Å². The average molecular weight is 749 g/mol. The highest BCUT2D eigenvalue weighted by Crippen LogP contribution is 2.45. The molecule has 49 heavy (non-hydrogen) atoms. The number of carbonyl (C=O) groups excluding carboxylic acids is 2. The van der Waals surface area contributed by atoms with Gasteiger partial charge in [0.15, 0.2) is 0 Å². The number of aromatic nitrogens is 1. The second-order valence-corrected chi connectivity index (χ2v) is 15.3. The Balaban J connectivity index is 1.46. The highest BCUT2D eigenvalue weighted by atomic mass is 35.5. The van der Waals surface area contributed by atoms with Crippen LogP contribution in [0, 0.1) is 0 Å². The molecule has 3 aromatic heterocycles. The van der Waals surface area contributed by atoms with E-state index in [1.54, 1.807) is 11.8 Å². The van der Waals surface area contributed by atoms with Crippen molar-refractivity contribution in [3.8, 4) is 5.75 Å². The van der Waals surface area contributed by atoms with Crippen LogP contribution in [0.2, 0.25) is 4.34 Å². The lowest BCUT2D eigenvalue weighted by molar-refractivity contribution is -0.163. The van der Waals surface area contributed by atoms with Crippen LogP contribution in [0.3, 0.4) is 0 Å². The van der Waals surface area contributed by atoms with E-state index in [0.717, 1.165) is 60.8 Å². The molecule has 0 spiro atoms.